The highest BCUT2D eigenvalue weighted by atomic mass is 35.5. The van der Waals surface area contributed by atoms with Gasteiger partial charge in [0.25, 0.3) is 0 Å². The second-order valence-corrected chi connectivity index (χ2v) is 5.38. The topological polar surface area (TPSA) is 42.7 Å². The van der Waals surface area contributed by atoms with Gasteiger partial charge in [0.2, 0.25) is 0 Å². The first-order valence-electron chi connectivity index (χ1n) is 6.87. The first-order valence-corrected chi connectivity index (χ1v) is 7.25. The Morgan fingerprint density at radius 1 is 1.35 bits per heavy atom. The van der Waals surface area contributed by atoms with Crippen molar-refractivity contribution in [3.8, 4) is 0 Å². The number of nitrogens with zero attached hydrogens (tertiary/aromatic N) is 3. The molecule has 1 N–H and O–H groups in total. The minimum absolute atomic E-state index is 0.182. The number of aromatic nitrogens is 3. The van der Waals surface area contributed by atoms with Crippen LogP contribution in [0.3, 0.4) is 0 Å². The molecule has 4 nitrogen and oxygen atoms in total. The molecule has 0 saturated heterocycles. The maximum absolute atomic E-state index is 6.39. The Hall–Kier alpha value is -1.39. The molecule has 0 spiro atoms. The van der Waals surface area contributed by atoms with E-state index in [0.717, 1.165) is 34.9 Å². The largest absolute Gasteiger partial charge is 0.313 e. The Balaban J connectivity index is 2.31. The zero-order chi connectivity index (χ0) is 14.7. The van der Waals surface area contributed by atoms with Gasteiger partial charge in [-0.1, -0.05) is 17.7 Å². The standard InChI is InChI=1S/C15H21ClN4/c1-5-20-14(15(16)11(3)19-20)7-13(17-4)12-6-10(2)8-18-9-12/h6,8-9,13,17H,5,7H2,1-4H3. The van der Waals surface area contributed by atoms with Crippen LogP contribution >= 0.6 is 11.6 Å². The third kappa shape index (κ3) is 3.02. The van der Waals surface area contributed by atoms with Crippen molar-refractivity contribution in [2.24, 2.45) is 0 Å². The minimum atomic E-state index is 0.182. The number of nitrogens with one attached hydrogen (secondary N) is 1. The second-order valence-electron chi connectivity index (χ2n) is 5.00. The van der Waals surface area contributed by atoms with Gasteiger partial charge in [-0.25, -0.2) is 0 Å². The van der Waals surface area contributed by atoms with E-state index < -0.39 is 0 Å². The molecule has 0 amide bonds. The van der Waals surface area contributed by atoms with Crippen molar-refractivity contribution < 1.29 is 0 Å². The monoisotopic (exact) mass is 292 g/mol. The van der Waals surface area contributed by atoms with Crippen LogP contribution in [0.4, 0.5) is 0 Å². The molecule has 1 unspecified atom stereocenters. The van der Waals surface area contributed by atoms with Crippen LogP contribution in [0, 0.1) is 13.8 Å². The molecule has 0 aliphatic rings. The van der Waals surface area contributed by atoms with E-state index in [1.165, 1.54) is 5.56 Å². The van der Waals surface area contributed by atoms with Crippen LogP contribution in [0.5, 0.6) is 0 Å². The van der Waals surface area contributed by atoms with Gasteiger partial charge in [0.15, 0.2) is 0 Å². The van der Waals surface area contributed by atoms with Crippen LogP contribution < -0.4 is 5.32 Å². The van der Waals surface area contributed by atoms with Gasteiger partial charge in [0.05, 0.1) is 16.4 Å². The lowest BCUT2D eigenvalue weighted by Gasteiger charge is -2.17. The first-order chi connectivity index (χ1) is 9.56. The molecule has 2 aromatic rings. The summed E-state index contributed by atoms with van der Waals surface area (Å²) in [6.07, 6.45) is 4.57. The average Bonchev–Trinajstić information content (AvgIpc) is 2.71. The number of hydrogen-bond donors (Lipinski definition) is 1. The molecule has 0 aliphatic heterocycles. The van der Waals surface area contributed by atoms with Crippen molar-refractivity contribution in [2.75, 3.05) is 7.05 Å². The van der Waals surface area contributed by atoms with Gasteiger partial charge in [-0.3, -0.25) is 9.67 Å². The van der Waals surface area contributed by atoms with Crippen LogP contribution in [0.25, 0.3) is 0 Å². The smallest absolute Gasteiger partial charge is 0.0847 e. The Kier molecular flexibility index (Phi) is 4.78. The predicted octanol–water partition coefficient (Wildman–Crippen LogP) is 3.07. The summed E-state index contributed by atoms with van der Waals surface area (Å²) in [6, 6.07) is 2.34. The number of pyridine rings is 1. The fourth-order valence-electron chi connectivity index (χ4n) is 2.41. The highest BCUT2D eigenvalue weighted by Gasteiger charge is 2.18. The number of rotatable bonds is 5. The number of halogens is 1. The van der Waals surface area contributed by atoms with Gasteiger partial charge in [-0.2, -0.15) is 5.10 Å². The molecule has 0 saturated carbocycles. The SMILES string of the molecule is CCn1nc(C)c(Cl)c1CC(NC)c1cncc(C)c1. The summed E-state index contributed by atoms with van der Waals surface area (Å²) in [5.74, 6) is 0. The molecule has 2 heterocycles. The zero-order valence-electron chi connectivity index (χ0n) is 12.4. The summed E-state index contributed by atoms with van der Waals surface area (Å²) >= 11 is 6.39. The lowest BCUT2D eigenvalue weighted by Crippen LogP contribution is -2.21. The van der Waals surface area contributed by atoms with Crippen LogP contribution in [0.1, 0.15) is 35.5 Å². The summed E-state index contributed by atoms with van der Waals surface area (Å²) < 4.78 is 1.98. The van der Waals surface area contributed by atoms with Crippen molar-refractivity contribution in [1.82, 2.24) is 20.1 Å². The molecule has 2 aromatic heterocycles. The van der Waals surface area contributed by atoms with E-state index in [-0.39, 0.29) is 6.04 Å². The molecule has 0 radical (unpaired) electrons. The molecule has 0 bridgehead atoms. The van der Waals surface area contributed by atoms with Crippen LogP contribution in [0.15, 0.2) is 18.5 Å². The highest BCUT2D eigenvalue weighted by molar-refractivity contribution is 6.31. The average molecular weight is 293 g/mol. The Labute approximate surface area is 125 Å². The maximum atomic E-state index is 6.39. The molecule has 0 aromatic carbocycles. The quantitative estimate of drug-likeness (QED) is 0.921. The molecule has 108 valence electrons. The predicted molar refractivity (Wildman–Crippen MR) is 82.1 cm³/mol. The molecule has 0 aliphatic carbocycles. The first kappa shape index (κ1) is 15.0. The Morgan fingerprint density at radius 3 is 2.70 bits per heavy atom. The Morgan fingerprint density at radius 2 is 2.10 bits per heavy atom. The molecule has 1 atom stereocenters. The van der Waals surface area contributed by atoms with Gasteiger partial charge in [0, 0.05) is 31.4 Å². The van der Waals surface area contributed by atoms with Crippen molar-refractivity contribution in [2.45, 2.75) is 39.8 Å². The number of aryl methyl sites for hydroxylation is 3. The fraction of sp³-hybridized carbons (Fsp3) is 0.467. The zero-order valence-corrected chi connectivity index (χ0v) is 13.2. The van der Waals surface area contributed by atoms with E-state index in [2.05, 4.69) is 35.3 Å². The van der Waals surface area contributed by atoms with Gasteiger partial charge in [-0.15, -0.1) is 0 Å². The van der Waals surface area contributed by atoms with Crippen molar-refractivity contribution in [3.63, 3.8) is 0 Å². The van der Waals surface area contributed by atoms with Crippen molar-refractivity contribution in [1.29, 1.82) is 0 Å². The Bertz CT molecular complexity index is 592. The van der Waals surface area contributed by atoms with E-state index >= 15 is 0 Å². The third-order valence-corrected chi connectivity index (χ3v) is 3.99. The van der Waals surface area contributed by atoms with E-state index in [1.807, 2.05) is 31.0 Å². The number of likely N-dealkylation sites (N-methyl/N-ethyl adjacent to an activating group) is 1. The van der Waals surface area contributed by atoms with Gasteiger partial charge in [0.1, 0.15) is 0 Å². The molecular weight excluding hydrogens is 272 g/mol. The highest BCUT2D eigenvalue weighted by Crippen LogP contribution is 2.26. The summed E-state index contributed by atoms with van der Waals surface area (Å²) in [4.78, 5) is 4.27. The summed E-state index contributed by atoms with van der Waals surface area (Å²) in [5.41, 5.74) is 4.30. The molecule has 0 fully saturated rings. The van der Waals surface area contributed by atoms with E-state index in [4.69, 9.17) is 11.6 Å². The summed E-state index contributed by atoms with van der Waals surface area (Å²) in [7, 11) is 1.96. The van der Waals surface area contributed by atoms with E-state index in [1.54, 1.807) is 0 Å². The maximum Gasteiger partial charge on any atom is 0.0847 e. The van der Waals surface area contributed by atoms with E-state index in [9.17, 15) is 0 Å². The fourth-order valence-corrected chi connectivity index (χ4v) is 2.63. The van der Waals surface area contributed by atoms with E-state index in [0.29, 0.717) is 0 Å². The van der Waals surface area contributed by atoms with Gasteiger partial charge >= 0.3 is 0 Å². The minimum Gasteiger partial charge on any atom is -0.313 e. The third-order valence-electron chi connectivity index (χ3n) is 3.50. The normalized spacial score (nSPS) is 12.7. The van der Waals surface area contributed by atoms with Crippen molar-refractivity contribution in [3.05, 3.63) is 46.0 Å². The molecule has 5 heteroatoms. The van der Waals surface area contributed by atoms with Crippen LogP contribution in [-0.2, 0) is 13.0 Å². The lowest BCUT2D eigenvalue weighted by molar-refractivity contribution is 0.540. The molecule has 2 rings (SSSR count). The number of hydrogen-bond acceptors (Lipinski definition) is 3. The van der Waals surface area contributed by atoms with Crippen LogP contribution in [0.2, 0.25) is 5.02 Å². The lowest BCUT2D eigenvalue weighted by atomic mass is 10.0. The summed E-state index contributed by atoms with van der Waals surface area (Å²) in [6.45, 7) is 6.90. The van der Waals surface area contributed by atoms with Gasteiger partial charge in [-0.05, 0) is 38.9 Å². The summed E-state index contributed by atoms with van der Waals surface area (Å²) in [5, 5.41) is 8.58. The molecular formula is C15H21ClN4. The van der Waals surface area contributed by atoms with Crippen LogP contribution in [-0.4, -0.2) is 21.8 Å². The second kappa shape index (κ2) is 6.37. The molecule has 20 heavy (non-hydrogen) atoms. The van der Waals surface area contributed by atoms with Gasteiger partial charge < -0.3 is 5.32 Å². The van der Waals surface area contributed by atoms with Crippen molar-refractivity contribution >= 4 is 11.6 Å².